The van der Waals surface area contributed by atoms with Gasteiger partial charge in [-0.25, -0.2) is 4.98 Å². The van der Waals surface area contributed by atoms with E-state index in [1.165, 1.54) is 16.9 Å². The second kappa shape index (κ2) is 9.67. The average Bonchev–Trinajstić information content (AvgIpc) is 3.07. The summed E-state index contributed by atoms with van der Waals surface area (Å²) in [6, 6.07) is 12.0. The Morgan fingerprint density at radius 1 is 1.22 bits per heavy atom. The fourth-order valence-electron chi connectivity index (χ4n) is 2.57. The zero-order chi connectivity index (χ0) is 19.1. The van der Waals surface area contributed by atoms with Gasteiger partial charge in [0.15, 0.2) is 0 Å². The standard InChI is InChI=1S/C21H23N3OS2/c1-3-4-7-19-23-15(2)20(27-19)21(25)24-17-8-10-18(11-9-17)26-14-16-6-5-12-22-13-16/h5-6,8-13H,3-4,7,14H2,1-2H3,(H,24,25). The lowest BCUT2D eigenvalue weighted by Gasteiger charge is -2.06. The van der Waals surface area contributed by atoms with Gasteiger partial charge in [-0.1, -0.05) is 19.4 Å². The number of amides is 1. The number of aryl methyl sites for hydroxylation is 2. The summed E-state index contributed by atoms with van der Waals surface area (Å²) in [6.45, 7) is 4.06. The second-order valence-electron chi connectivity index (χ2n) is 6.25. The van der Waals surface area contributed by atoms with Gasteiger partial charge >= 0.3 is 0 Å². The van der Waals surface area contributed by atoms with Crippen LogP contribution in [0, 0.1) is 6.92 Å². The predicted molar refractivity (Wildman–Crippen MR) is 114 cm³/mol. The Bertz CT molecular complexity index is 876. The van der Waals surface area contributed by atoms with E-state index in [0.717, 1.165) is 46.3 Å². The number of thiazole rings is 1. The van der Waals surface area contributed by atoms with E-state index in [4.69, 9.17) is 0 Å². The Hall–Kier alpha value is -2.18. The third-order valence-corrected chi connectivity index (χ3v) is 6.33. The molecule has 1 amide bonds. The second-order valence-corrected chi connectivity index (χ2v) is 8.39. The average molecular weight is 398 g/mol. The minimum absolute atomic E-state index is 0.0801. The summed E-state index contributed by atoms with van der Waals surface area (Å²) in [4.78, 5) is 23.1. The Morgan fingerprint density at radius 3 is 2.74 bits per heavy atom. The largest absolute Gasteiger partial charge is 0.321 e. The van der Waals surface area contributed by atoms with Crippen molar-refractivity contribution in [3.05, 3.63) is 69.9 Å². The molecule has 0 aliphatic rings. The summed E-state index contributed by atoms with van der Waals surface area (Å²) in [5, 5.41) is 4.02. The predicted octanol–water partition coefficient (Wildman–Crippen LogP) is 5.73. The lowest BCUT2D eigenvalue weighted by molar-refractivity contribution is 0.103. The van der Waals surface area contributed by atoms with Gasteiger partial charge in [0.2, 0.25) is 0 Å². The first-order chi connectivity index (χ1) is 13.2. The van der Waals surface area contributed by atoms with Crippen LogP contribution < -0.4 is 5.32 Å². The molecule has 0 fully saturated rings. The van der Waals surface area contributed by atoms with E-state index in [2.05, 4.69) is 28.3 Å². The maximum Gasteiger partial charge on any atom is 0.267 e. The molecule has 0 aliphatic heterocycles. The van der Waals surface area contributed by atoms with Crippen molar-refractivity contribution in [1.29, 1.82) is 0 Å². The number of thioether (sulfide) groups is 1. The first kappa shape index (κ1) is 19.6. The molecule has 0 atom stereocenters. The number of hydrogen-bond donors (Lipinski definition) is 1. The van der Waals surface area contributed by atoms with E-state index in [1.807, 2.05) is 43.5 Å². The highest BCUT2D eigenvalue weighted by molar-refractivity contribution is 7.98. The Morgan fingerprint density at radius 2 is 2.04 bits per heavy atom. The van der Waals surface area contributed by atoms with Gasteiger partial charge in [-0.05, 0) is 55.7 Å². The molecule has 0 radical (unpaired) electrons. The number of pyridine rings is 1. The van der Waals surface area contributed by atoms with Crippen molar-refractivity contribution >= 4 is 34.7 Å². The number of nitrogens with zero attached hydrogens (tertiary/aromatic N) is 2. The summed E-state index contributed by atoms with van der Waals surface area (Å²) < 4.78 is 0. The molecule has 2 aromatic heterocycles. The molecule has 27 heavy (non-hydrogen) atoms. The van der Waals surface area contributed by atoms with Crippen molar-refractivity contribution in [2.24, 2.45) is 0 Å². The first-order valence-corrected chi connectivity index (χ1v) is 10.9. The maximum absolute atomic E-state index is 12.6. The van der Waals surface area contributed by atoms with Gasteiger partial charge in [0.25, 0.3) is 5.91 Å². The zero-order valence-electron chi connectivity index (χ0n) is 15.6. The van der Waals surface area contributed by atoms with E-state index in [0.29, 0.717) is 4.88 Å². The number of rotatable bonds is 8. The Kier molecular flexibility index (Phi) is 7.01. The van der Waals surface area contributed by atoms with Crippen LogP contribution in [-0.4, -0.2) is 15.9 Å². The lowest BCUT2D eigenvalue weighted by atomic mass is 10.2. The molecule has 3 rings (SSSR count). The van der Waals surface area contributed by atoms with Crippen LogP contribution in [0.15, 0.2) is 53.7 Å². The number of unbranched alkanes of at least 4 members (excludes halogenated alkanes) is 1. The van der Waals surface area contributed by atoms with Gasteiger partial charge in [-0.2, -0.15) is 0 Å². The molecule has 0 unspecified atom stereocenters. The number of nitrogens with one attached hydrogen (secondary N) is 1. The normalized spacial score (nSPS) is 10.7. The third kappa shape index (κ3) is 5.65. The SMILES string of the molecule is CCCCc1nc(C)c(C(=O)Nc2ccc(SCc3cccnc3)cc2)s1. The summed E-state index contributed by atoms with van der Waals surface area (Å²) in [7, 11) is 0. The van der Waals surface area contributed by atoms with Crippen LogP contribution in [0.4, 0.5) is 5.69 Å². The highest BCUT2D eigenvalue weighted by Crippen LogP contribution is 2.25. The van der Waals surface area contributed by atoms with E-state index < -0.39 is 0 Å². The summed E-state index contributed by atoms with van der Waals surface area (Å²) >= 11 is 3.25. The van der Waals surface area contributed by atoms with Gasteiger partial charge in [0.1, 0.15) is 4.88 Å². The van der Waals surface area contributed by atoms with Gasteiger partial charge in [0.05, 0.1) is 10.7 Å². The number of anilines is 1. The van der Waals surface area contributed by atoms with Gasteiger partial charge in [-0.3, -0.25) is 9.78 Å². The molecule has 1 aromatic carbocycles. The van der Waals surface area contributed by atoms with Crippen molar-refractivity contribution in [3.63, 3.8) is 0 Å². The van der Waals surface area contributed by atoms with Crippen LogP contribution in [0.25, 0.3) is 0 Å². The lowest BCUT2D eigenvalue weighted by Crippen LogP contribution is -2.11. The number of hydrogen-bond acceptors (Lipinski definition) is 5. The fourth-order valence-corrected chi connectivity index (χ4v) is 4.40. The number of benzene rings is 1. The van der Waals surface area contributed by atoms with Crippen LogP contribution in [-0.2, 0) is 12.2 Å². The number of aromatic nitrogens is 2. The van der Waals surface area contributed by atoms with Crippen LogP contribution in [0.2, 0.25) is 0 Å². The van der Waals surface area contributed by atoms with E-state index in [9.17, 15) is 4.79 Å². The number of carbonyl (C=O) groups is 1. The van der Waals surface area contributed by atoms with Crippen molar-refractivity contribution in [1.82, 2.24) is 9.97 Å². The third-order valence-electron chi connectivity index (χ3n) is 4.03. The van der Waals surface area contributed by atoms with E-state index >= 15 is 0 Å². The molecule has 0 bridgehead atoms. The molecule has 0 saturated heterocycles. The summed E-state index contributed by atoms with van der Waals surface area (Å²) in [5.41, 5.74) is 2.81. The van der Waals surface area contributed by atoms with E-state index in [1.54, 1.807) is 18.0 Å². The maximum atomic E-state index is 12.6. The fraction of sp³-hybridized carbons (Fsp3) is 0.286. The molecule has 1 N–H and O–H groups in total. The Balaban J connectivity index is 1.57. The van der Waals surface area contributed by atoms with Crippen LogP contribution in [0.1, 0.15) is 45.7 Å². The minimum Gasteiger partial charge on any atom is -0.321 e. The molecule has 0 aliphatic carbocycles. The van der Waals surface area contributed by atoms with Crippen molar-refractivity contribution in [2.75, 3.05) is 5.32 Å². The van der Waals surface area contributed by atoms with Gasteiger partial charge < -0.3 is 5.32 Å². The molecule has 0 spiro atoms. The van der Waals surface area contributed by atoms with Crippen LogP contribution in [0.5, 0.6) is 0 Å². The molecule has 6 heteroatoms. The smallest absolute Gasteiger partial charge is 0.267 e. The molecule has 2 heterocycles. The highest BCUT2D eigenvalue weighted by atomic mass is 32.2. The quantitative estimate of drug-likeness (QED) is 0.493. The number of carbonyl (C=O) groups excluding carboxylic acids is 1. The molecular formula is C21H23N3OS2. The first-order valence-electron chi connectivity index (χ1n) is 9.05. The van der Waals surface area contributed by atoms with Crippen LogP contribution >= 0.6 is 23.1 Å². The minimum atomic E-state index is -0.0801. The molecule has 140 valence electrons. The van der Waals surface area contributed by atoms with Crippen LogP contribution in [0.3, 0.4) is 0 Å². The van der Waals surface area contributed by atoms with Crippen molar-refractivity contribution < 1.29 is 4.79 Å². The van der Waals surface area contributed by atoms with Gasteiger partial charge in [-0.15, -0.1) is 23.1 Å². The topological polar surface area (TPSA) is 54.9 Å². The molecule has 4 nitrogen and oxygen atoms in total. The molecular weight excluding hydrogens is 374 g/mol. The highest BCUT2D eigenvalue weighted by Gasteiger charge is 2.15. The monoisotopic (exact) mass is 397 g/mol. The summed E-state index contributed by atoms with van der Waals surface area (Å²) in [5.74, 6) is 0.795. The van der Waals surface area contributed by atoms with Crippen molar-refractivity contribution in [2.45, 2.75) is 43.8 Å². The summed E-state index contributed by atoms with van der Waals surface area (Å²) in [6.07, 6.45) is 6.84. The zero-order valence-corrected chi connectivity index (χ0v) is 17.2. The molecule has 0 saturated carbocycles. The Labute approximate surface area is 168 Å². The molecule has 3 aromatic rings. The van der Waals surface area contributed by atoms with Crippen molar-refractivity contribution in [3.8, 4) is 0 Å². The van der Waals surface area contributed by atoms with E-state index in [-0.39, 0.29) is 5.91 Å². The van der Waals surface area contributed by atoms with Gasteiger partial charge in [0, 0.05) is 28.7 Å².